The van der Waals surface area contributed by atoms with E-state index in [1.165, 1.54) is 0 Å². The van der Waals surface area contributed by atoms with Gasteiger partial charge in [0.15, 0.2) is 5.78 Å². The van der Waals surface area contributed by atoms with Gasteiger partial charge in [-0.15, -0.1) is 0 Å². The van der Waals surface area contributed by atoms with Crippen molar-refractivity contribution in [2.45, 2.75) is 13.8 Å². The fourth-order valence-electron chi connectivity index (χ4n) is 2.08. The van der Waals surface area contributed by atoms with Crippen molar-refractivity contribution in [2.75, 3.05) is 6.61 Å². The minimum Gasteiger partial charge on any atom is -0.462 e. The van der Waals surface area contributed by atoms with Crippen LogP contribution in [0.3, 0.4) is 0 Å². The highest BCUT2D eigenvalue weighted by Gasteiger charge is 2.21. The lowest BCUT2D eigenvalue weighted by molar-refractivity contribution is -0.137. The number of Topliss-reactive ketones (excluding diaryl/α,β-unsaturated/α-hetero) is 1. The molecule has 0 fully saturated rings. The monoisotopic (exact) mass is 294 g/mol. The number of ether oxygens (including phenoxy) is 1. The molecule has 3 heteroatoms. The zero-order valence-corrected chi connectivity index (χ0v) is 12.7. The van der Waals surface area contributed by atoms with Crippen molar-refractivity contribution in [1.29, 1.82) is 0 Å². The predicted molar refractivity (Wildman–Crippen MR) is 86.6 cm³/mol. The standard InChI is InChI=1S/C19H18O3/c1-3-22-19(21)17(13-16-12-8-7-9-14(16)2)18(20)15-10-5-4-6-11-15/h4-13H,3H2,1-2H3/b17-13+. The Morgan fingerprint density at radius 2 is 1.64 bits per heavy atom. The summed E-state index contributed by atoms with van der Waals surface area (Å²) >= 11 is 0. The Kier molecular flexibility index (Phi) is 5.26. The van der Waals surface area contributed by atoms with Crippen LogP contribution in [0.15, 0.2) is 60.2 Å². The van der Waals surface area contributed by atoms with Crippen LogP contribution in [0.5, 0.6) is 0 Å². The highest BCUT2D eigenvalue weighted by molar-refractivity contribution is 6.26. The molecule has 112 valence electrons. The Balaban J connectivity index is 2.46. The minimum absolute atomic E-state index is 0.0438. The molecular weight excluding hydrogens is 276 g/mol. The van der Waals surface area contributed by atoms with Crippen LogP contribution in [0.2, 0.25) is 0 Å². The van der Waals surface area contributed by atoms with Crippen molar-refractivity contribution in [3.63, 3.8) is 0 Å². The van der Waals surface area contributed by atoms with E-state index >= 15 is 0 Å². The quantitative estimate of drug-likeness (QED) is 0.277. The van der Waals surface area contributed by atoms with Crippen LogP contribution >= 0.6 is 0 Å². The zero-order valence-electron chi connectivity index (χ0n) is 12.7. The predicted octanol–water partition coefficient (Wildman–Crippen LogP) is 3.82. The van der Waals surface area contributed by atoms with Crippen LogP contribution in [-0.2, 0) is 9.53 Å². The molecular formula is C19H18O3. The third-order valence-electron chi connectivity index (χ3n) is 3.26. The maximum absolute atomic E-state index is 12.6. The van der Waals surface area contributed by atoms with Gasteiger partial charge in [-0.3, -0.25) is 4.79 Å². The molecule has 0 N–H and O–H groups in total. The van der Waals surface area contributed by atoms with Gasteiger partial charge in [-0.25, -0.2) is 4.79 Å². The number of hydrogen-bond acceptors (Lipinski definition) is 3. The lowest BCUT2D eigenvalue weighted by Gasteiger charge is -2.08. The lowest BCUT2D eigenvalue weighted by atomic mass is 9.99. The van der Waals surface area contributed by atoms with E-state index in [9.17, 15) is 9.59 Å². The average Bonchev–Trinajstić information content (AvgIpc) is 2.54. The number of rotatable bonds is 5. The number of carbonyl (C=O) groups is 2. The first-order chi connectivity index (χ1) is 10.6. The van der Waals surface area contributed by atoms with Crippen LogP contribution in [0.4, 0.5) is 0 Å². The molecule has 0 amide bonds. The lowest BCUT2D eigenvalue weighted by Crippen LogP contribution is -2.16. The van der Waals surface area contributed by atoms with Gasteiger partial charge in [-0.2, -0.15) is 0 Å². The van der Waals surface area contributed by atoms with Crippen molar-refractivity contribution in [2.24, 2.45) is 0 Å². The summed E-state index contributed by atoms with van der Waals surface area (Å²) < 4.78 is 5.03. The second-order valence-corrected chi connectivity index (χ2v) is 4.83. The van der Waals surface area contributed by atoms with E-state index in [2.05, 4.69) is 0 Å². The molecule has 2 aromatic carbocycles. The van der Waals surface area contributed by atoms with Gasteiger partial charge in [0.25, 0.3) is 0 Å². The minimum atomic E-state index is -0.598. The first kappa shape index (κ1) is 15.7. The first-order valence-electron chi connectivity index (χ1n) is 7.17. The van der Waals surface area contributed by atoms with Gasteiger partial charge in [0.2, 0.25) is 0 Å². The summed E-state index contributed by atoms with van der Waals surface area (Å²) in [5.74, 6) is -0.929. The van der Waals surface area contributed by atoms with Gasteiger partial charge in [0, 0.05) is 5.56 Å². The molecule has 0 saturated heterocycles. The molecule has 0 saturated carbocycles. The van der Waals surface area contributed by atoms with E-state index in [-0.39, 0.29) is 18.0 Å². The molecule has 2 rings (SSSR count). The number of benzene rings is 2. The maximum atomic E-state index is 12.6. The first-order valence-corrected chi connectivity index (χ1v) is 7.17. The van der Waals surface area contributed by atoms with Crippen molar-refractivity contribution in [1.82, 2.24) is 0 Å². The fourth-order valence-corrected chi connectivity index (χ4v) is 2.08. The zero-order chi connectivity index (χ0) is 15.9. The van der Waals surface area contributed by atoms with Crippen molar-refractivity contribution < 1.29 is 14.3 Å². The van der Waals surface area contributed by atoms with Gasteiger partial charge in [-0.1, -0.05) is 54.6 Å². The summed E-state index contributed by atoms with van der Waals surface area (Å²) in [6.07, 6.45) is 1.60. The van der Waals surface area contributed by atoms with Crippen LogP contribution in [0, 0.1) is 6.92 Å². The van der Waals surface area contributed by atoms with Gasteiger partial charge in [-0.05, 0) is 31.1 Å². The highest BCUT2D eigenvalue weighted by Crippen LogP contribution is 2.17. The topological polar surface area (TPSA) is 43.4 Å². The van der Waals surface area contributed by atoms with E-state index in [1.807, 2.05) is 37.3 Å². The molecule has 0 spiro atoms. The van der Waals surface area contributed by atoms with Gasteiger partial charge < -0.3 is 4.74 Å². The van der Waals surface area contributed by atoms with Crippen LogP contribution in [0.25, 0.3) is 6.08 Å². The molecule has 0 aliphatic heterocycles. The summed E-state index contributed by atoms with van der Waals surface area (Å²) in [5.41, 5.74) is 2.33. The van der Waals surface area contributed by atoms with Crippen molar-refractivity contribution >= 4 is 17.8 Å². The van der Waals surface area contributed by atoms with Gasteiger partial charge in [0.1, 0.15) is 5.57 Å². The Morgan fingerprint density at radius 3 is 2.27 bits per heavy atom. The molecule has 0 bridgehead atoms. The second-order valence-electron chi connectivity index (χ2n) is 4.83. The number of hydrogen-bond donors (Lipinski definition) is 0. The number of esters is 1. The highest BCUT2D eigenvalue weighted by atomic mass is 16.5. The van der Waals surface area contributed by atoms with E-state index in [4.69, 9.17) is 4.74 Å². The summed E-state index contributed by atoms with van der Waals surface area (Å²) in [6, 6.07) is 16.3. The number of carbonyl (C=O) groups excluding carboxylic acids is 2. The molecule has 2 aromatic rings. The molecule has 0 unspecified atom stereocenters. The van der Waals surface area contributed by atoms with E-state index in [0.717, 1.165) is 11.1 Å². The molecule has 22 heavy (non-hydrogen) atoms. The smallest absolute Gasteiger partial charge is 0.342 e. The normalized spacial score (nSPS) is 11.1. The third-order valence-corrected chi connectivity index (χ3v) is 3.26. The largest absolute Gasteiger partial charge is 0.462 e. The molecule has 0 aliphatic carbocycles. The van der Waals surface area contributed by atoms with Gasteiger partial charge in [0.05, 0.1) is 6.61 Å². The summed E-state index contributed by atoms with van der Waals surface area (Å²) in [4.78, 5) is 24.8. The Labute approximate surface area is 130 Å². The van der Waals surface area contributed by atoms with E-state index in [1.54, 1.807) is 37.3 Å². The average molecular weight is 294 g/mol. The van der Waals surface area contributed by atoms with Gasteiger partial charge >= 0.3 is 5.97 Å². The Morgan fingerprint density at radius 1 is 1.00 bits per heavy atom. The number of aryl methyl sites for hydroxylation is 1. The van der Waals surface area contributed by atoms with Crippen molar-refractivity contribution in [3.8, 4) is 0 Å². The molecule has 0 heterocycles. The fraction of sp³-hybridized carbons (Fsp3) is 0.158. The molecule has 3 nitrogen and oxygen atoms in total. The SMILES string of the molecule is CCOC(=O)/C(=C/c1ccccc1C)C(=O)c1ccccc1. The Hall–Kier alpha value is -2.68. The van der Waals surface area contributed by atoms with Crippen molar-refractivity contribution in [3.05, 3.63) is 76.9 Å². The molecule has 0 atom stereocenters. The van der Waals surface area contributed by atoms with Crippen LogP contribution < -0.4 is 0 Å². The van der Waals surface area contributed by atoms with E-state index < -0.39 is 5.97 Å². The summed E-state index contributed by atoms with van der Waals surface area (Å²) in [5, 5.41) is 0. The number of ketones is 1. The second kappa shape index (κ2) is 7.36. The molecule has 0 aliphatic rings. The van der Waals surface area contributed by atoms with Crippen LogP contribution in [-0.4, -0.2) is 18.4 Å². The molecule has 0 radical (unpaired) electrons. The van der Waals surface area contributed by atoms with E-state index in [0.29, 0.717) is 5.56 Å². The maximum Gasteiger partial charge on any atom is 0.342 e. The molecule has 0 aromatic heterocycles. The summed E-state index contributed by atoms with van der Waals surface area (Å²) in [6.45, 7) is 3.88. The van der Waals surface area contributed by atoms with Crippen LogP contribution in [0.1, 0.15) is 28.4 Å². The summed E-state index contributed by atoms with van der Waals surface area (Å²) in [7, 11) is 0. The Bertz CT molecular complexity index is 700. The third kappa shape index (κ3) is 3.70.